The van der Waals surface area contributed by atoms with E-state index >= 15 is 0 Å². The number of hydrogen-bond donors (Lipinski definition) is 0. The van der Waals surface area contributed by atoms with Crippen LogP contribution in [0.1, 0.15) is 22.3 Å². The second kappa shape index (κ2) is 13.9. The number of hydrogen-bond acceptors (Lipinski definition) is 1. The Morgan fingerprint density at radius 3 is 1.41 bits per heavy atom. The van der Waals surface area contributed by atoms with Gasteiger partial charge in [-0.2, -0.15) is 0 Å². The maximum Gasteiger partial charge on any atom is 0.0714 e. The van der Waals surface area contributed by atoms with Gasteiger partial charge in [-0.25, -0.2) is 0 Å². The number of anilines is 3. The van der Waals surface area contributed by atoms with E-state index in [1.807, 2.05) is 0 Å². The van der Waals surface area contributed by atoms with Gasteiger partial charge in [0.25, 0.3) is 0 Å². The van der Waals surface area contributed by atoms with E-state index in [1.54, 1.807) is 0 Å². The summed E-state index contributed by atoms with van der Waals surface area (Å²) in [7, 11) is 0. The Morgan fingerprint density at radius 2 is 0.759 bits per heavy atom. The van der Waals surface area contributed by atoms with E-state index in [9.17, 15) is 0 Å². The lowest BCUT2D eigenvalue weighted by molar-refractivity contribution is 0.768. The zero-order chi connectivity index (χ0) is 38.5. The van der Waals surface area contributed by atoms with Gasteiger partial charge in [-0.1, -0.05) is 200 Å². The Bertz CT molecular complexity index is 3050. The zero-order valence-electron chi connectivity index (χ0n) is 32.0. The molecule has 0 atom stereocenters. The van der Waals surface area contributed by atoms with Gasteiger partial charge in [-0.3, -0.25) is 0 Å². The Morgan fingerprint density at radius 1 is 0.293 bits per heavy atom. The third-order valence-corrected chi connectivity index (χ3v) is 12.1. The molecule has 11 rings (SSSR count). The highest BCUT2D eigenvalue weighted by Crippen LogP contribution is 2.59. The lowest BCUT2D eigenvalue weighted by atomic mass is 9.68. The molecule has 0 N–H and O–H groups in total. The van der Waals surface area contributed by atoms with E-state index in [4.69, 9.17) is 0 Å². The van der Waals surface area contributed by atoms with Crippen molar-refractivity contribution in [3.8, 4) is 33.4 Å². The summed E-state index contributed by atoms with van der Waals surface area (Å²) < 4.78 is 0. The number of nitrogens with zero attached hydrogens (tertiary/aromatic N) is 1. The average Bonchev–Trinajstić information content (AvgIpc) is 3.61. The molecule has 0 saturated heterocycles. The molecule has 1 nitrogen and oxygen atoms in total. The van der Waals surface area contributed by atoms with Crippen molar-refractivity contribution in [1.82, 2.24) is 0 Å². The van der Waals surface area contributed by atoms with Crippen LogP contribution in [0.15, 0.2) is 237 Å². The van der Waals surface area contributed by atoms with Gasteiger partial charge in [0.1, 0.15) is 0 Å². The number of fused-ring (bicyclic) bond motifs is 5. The highest BCUT2D eigenvalue weighted by Gasteiger charge is 2.47. The molecule has 0 saturated carbocycles. The van der Waals surface area contributed by atoms with Crippen molar-refractivity contribution in [2.24, 2.45) is 0 Å². The first kappa shape index (κ1) is 33.8. The van der Waals surface area contributed by atoms with Gasteiger partial charge in [0, 0.05) is 16.9 Å². The number of rotatable bonds is 7. The maximum atomic E-state index is 2.46. The SMILES string of the molecule is c1ccc(C2(c3ccccc3)c3ccccc3-c3c(N(c4ccc(-c5ccc(-c6ccc7ccccc7c6)cc5)cc4)c4ccc5ccccc5c4)cccc32)cc1. The van der Waals surface area contributed by atoms with Gasteiger partial charge in [-0.05, 0) is 108 Å². The van der Waals surface area contributed by atoms with Gasteiger partial charge in [0.2, 0.25) is 0 Å². The molecule has 10 aromatic carbocycles. The molecule has 1 heteroatoms. The molecule has 0 radical (unpaired) electrons. The summed E-state index contributed by atoms with van der Waals surface area (Å²) in [6.07, 6.45) is 0. The largest absolute Gasteiger partial charge is 0.310 e. The fourth-order valence-electron chi connectivity index (χ4n) is 9.43. The first-order valence-corrected chi connectivity index (χ1v) is 20.1. The normalized spacial score (nSPS) is 12.6. The van der Waals surface area contributed by atoms with Crippen LogP contribution in [0.25, 0.3) is 54.9 Å². The predicted molar refractivity (Wildman–Crippen MR) is 244 cm³/mol. The molecule has 0 amide bonds. The van der Waals surface area contributed by atoms with Gasteiger partial charge in [0.05, 0.1) is 11.1 Å². The molecule has 0 bridgehead atoms. The second-order valence-electron chi connectivity index (χ2n) is 15.3. The second-order valence-corrected chi connectivity index (χ2v) is 15.3. The molecular formula is C57H39N. The van der Waals surface area contributed by atoms with Crippen LogP contribution in [-0.2, 0) is 5.41 Å². The van der Waals surface area contributed by atoms with Crippen molar-refractivity contribution in [1.29, 1.82) is 0 Å². The highest BCUT2D eigenvalue weighted by atomic mass is 15.1. The monoisotopic (exact) mass is 737 g/mol. The van der Waals surface area contributed by atoms with Crippen LogP contribution < -0.4 is 4.90 Å². The first-order valence-electron chi connectivity index (χ1n) is 20.1. The molecule has 272 valence electrons. The summed E-state index contributed by atoms with van der Waals surface area (Å²) in [6, 6.07) is 86.8. The van der Waals surface area contributed by atoms with Crippen LogP contribution in [0, 0.1) is 0 Å². The number of benzene rings is 10. The van der Waals surface area contributed by atoms with Crippen LogP contribution in [0.3, 0.4) is 0 Å². The first-order chi connectivity index (χ1) is 28.8. The topological polar surface area (TPSA) is 3.24 Å². The minimum atomic E-state index is -0.484. The zero-order valence-corrected chi connectivity index (χ0v) is 32.0. The minimum absolute atomic E-state index is 0.484. The van der Waals surface area contributed by atoms with E-state index in [0.717, 1.165) is 17.1 Å². The van der Waals surface area contributed by atoms with E-state index < -0.39 is 5.41 Å². The third kappa shape index (κ3) is 5.47. The standard InChI is InChI=1S/C57H39N/c1-3-18-48(19-4-1)57(49-20-5-2-6-21-49)53-23-12-11-22-52(53)56-54(57)24-13-25-55(56)58(51-37-34-41-15-8-10-17-46(41)39-51)50-35-32-43(33-36-50)42-26-28-44(29-27-42)47-31-30-40-14-7-9-16-45(40)38-47/h1-39H. The van der Waals surface area contributed by atoms with E-state index in [0.29, 0.717) is 0 Å². The molecule has 58 heavy (non-hydrogen) atoms. The summed E-state index contributed by atoms with van der Waals surface area (Å²) in [4.78, 5) is 2.46. The van der Waals surface area contributed by atoms with E-state index in [2.05, 4.69) is 241 Å². The summed E-state index contributed by atoms with van der Waals surface area (Å²) in [5, 5.41) is 4.96. The van der Waals surface area contributed by atoms with Crippen molar-refractivity contribution < 1.29 is 0 Å². The van der Waals surface area contributed by atoms with Crippen LogP contribution in [0.2, 0.25) is 0 Å². The van der Waals surface area contributed by atoms with E-state index in [1.165, 1.54) is 77.2 Å². The summed E-state index contributed by atoms with van der Waals surface area (Å²) in [5.74, 6) is 0. The third-order valence-electron chi connectivity index (χ3n) is 12.1. The van der Waals surface area contributed by atoms with E-state index in [-0.39, 0.29) is 0 Å². The average molecular weight is 738 g/mol. The molecule has 10 aromatic rings. The molecule has 0 heterocycles. The molecule has 0 aromatic heterocycles. The van der Waals surface area contributed by atoms with Crippen molar-refractivity contribution in [2.45, 2.75) is 5.41 Å². The molecule has 0 fully saturated rings. The molecule has 1 aliphatic carbocycles. The van der Waals surface area contributed by atoms with Crippen molar-refractivity contribution in [3.05, 3.63) is 259 Å². The Kier molecular flexibility index (Phi) is 8.12. The van der Waals surface area contributed by atoms with Crippen LogP contribution in [0.5, 0.6) is 0 Å². The lowest BCUT2D eigenvalue weighted by Crippen LogP contribution is -2.28. The Labute approximate surface area is 339 Å². The minimum Gasteiger partial charge on any atom is -0.310 e. The highest BCUT2D eigenvalue weighted by molar-refractivity contribution is 5.99. The van der Waals surface area contributed by atoms with Crippen molar-refractivity contribution in [2.75, 3.05) is 4.90 Å². The van der Waals surface area contributed by atoms with Crippen LogP contribution in [-0.4, -0.2) is 0 Å². The van der Waals surface area contributed by atoms with Gasteiger partial charge in [-0.15, -0.1) is 0 Å². The fourth-order valence-corrected chi connectivity index (χ4v) is 9.43. The molecule has 1 aliphatic rings. The molecular weight excluding hydrogens is 699 g/mol. The smallest absolute Gasteiger partial charge is 0.0714 e. The van der Waals surface area contributed by atoms with Crippen LogP contribution in [0.4, 0.5) is 17.1 Å². The summed E-state index contributed by atoms with van der Waals surface area (Å²) >= 11 is 0. The summed E-state index contributed by atoms with van der Waals surface area (Å²) in [5.41, 5.74) is 15.3. The summed E-state index contributed by atoms with van der Waals surface area (Å²) in [6.45, 7) is 0. The Hall–Kier alpha value is -7.48. The van der Waals surface area contributed by atoms with Gasteiger partial charge >= 0.3 is 0 Å². The fraction of sp³-hybridized carbons (Fsp3) is 0.0175. The van der Waals surface area contributed by atoms with Gasteiger partial charge < -0.3 is 4.90 Å². The van der Waals surface area contributed by atoms with Crippen LogP contribution >= 0.6 is 0 Å². The quantitative estimate of drug-likeness (QED) is 0.157. The molecule has 0 aliphatic heterocycles. The maximum absolute atomic E-state index is 2.46. The van der Waals surface area contributed by atoms with Crippen molar-refractivity contribution in [3.63, 3.8) is 0 Å². The molecule has 0 spiro atoms. The Balaban J connectivity index is 1.07. The predicted octanol–water partition coefficient (Wildman–Crippen LogP) is 15.2. The van der Waals surface area contributed by atoms with Gasteiger partial charge in [0.15, 0.2) is 0 Å². The van der Waals surface area contributed by atoms with Crippen molar-refractivity contribution >= 4 is 38.6 Å². The molecule has 0 unspecified atom stereocenters. The lowest BCUT2D eigenvalue weighted by Gasteiger charge is -2.34.